The van der Waals surface area contributed by atoms with E-state index in [9.17, 15) is 19.2 Å². The molecule has 3 aromatic rings. The molecule has 0 spiro atoms. The molecule has 0 atom stereocenters. The molecule has 0 aliphatic heterocycles. The fourth-order valence-electron chi connectivity index (χ4n) is 3.56. The Morgan fingerprint density at radius 1 is 0.966 bits per heavy atom. The monoisotopic (exact) mass is 391 g/mol. The van der Waals surface area contributed by atoms with E-state index in [4.69, 9.17) is 9.47 Å². The number of fused-ring (bicyclic) bond motifs is 4. The molecule has 0 N–H and O–H groups in total. The maximum atomic E-state index is 13.2. The molecule has 0 unspecified atom stereocenters. The van der Waals surface area contributed by atoms with Crippen LogP contribution in [0.2, 0.25) is 0 Å². The number of rotatable bonds is 3. The Balaban J connectivity index is 2.08. The smallest absolute Gasteiger partial charge is 0.341 e. The number of aromatic nitrogens is 1. The van der Waals surface area contributed by atoms with Crippen LogP contribution < -0.4 is 0 Å². The molecular weight excluding hydrogens is 374 g/mol. The lowest BCUT2D eigenvalue weighted by molar-refractivity contribution is 0.0377. The molecule has 0 fully saturated rings. The van der Waals surface area contributed by atoms with E-state index in [1.54, 1.807) is 38.1 Å². The van der Waals surface area contributed by atoms with Gasteiger partial charge in [-0.2, -0.15) is 0 Å². The van der Waals surface area contributed by atoms with Gasteiger partial charge in [0.05, 0.1) is 35.4 Å². The Kier molecular flexibility index (Phi) is 4.30. The summed E-state index contributed by atoms with van der Waals surface area (Å²) in [7, 11) is 1.24. The first-order valence-corrected chi connectivity index (χ1v) is 9.01. The van der Waals surface area contributed by atoms with Gasteiger partial charge >= 0.3 is 11.9 Å². The predicted molar refractivity (Wildman–Crippen MR) is 103 cm³/mol. The van der Waals surface area contributed by atoms with Gasteiger partial charge in [0.1, 0.15) is 5.69 Å². The number of carbonyl (C=O) groups is 4. The van der Waals surface area contributed by atoms with Crippen LogP contribution in [0, 0.1) is 0 Å². The maximum absolute atomic E-state index is 13.2. The van der Waals surface area contributed by atoms with Crippen LogP contribution in [0.1, 0.15) is 66.5 Å². The molecule has 1 aliphatic rings. The van der Waals surface area contributed by atoms with Crippen molar-refractivity contribution < 1.29 is 28.7 Å². The minimum Gasteiger partial charge on any atom is -0.465 e. The molecule has 0 amide bonds. The first kappa shape index (κ1) is 18.6. The summed E-state index contributed by atoms with van der Waals surface area (Å²) >= 11 is 0. The van der Waals surface area contributed by atoms with E-state index in [1.807, 2.05) is 0 Å². The average molecular weight is 391 g/mol. The number of hydrogen-bond acceptors (Lipinski definition) is 6. The van der Waals surface area contributed by atoms with Crippen LogP contribution in [0.25, 0.3) is 5.52 Å². The highest BCUT2D eigenvalue weighted by Crippen LogP contribution is 2.34. The van der Waals surface area contributed by atoms with Crippen LogP contribution in [-0.2, 0) is 9.47 Å². The summed E-state index contributed by atoms with van der Waals surface area (Å²) in [4.78, 5) is 51.3. The number of esters is 2. The summed E-state index contributed by atoms with van der Waals surface area (Å²) in [6, 6.07) is 9.35. The van der Waals surface area contributed by atoms with Gasteiger partial charge in [-0.25, -0.2) is 9.59 Å². The zero-order valence-electron chi connectivity index (χ0n) is 16.0. The minimum absolute atomic E-state index is 0.0126. The van der Waals surface area contributed by atoms with E-state index >= 15 is 0 Å². The van der Waals surface area contributed by atoms with Crippen molar-refractivity contribution in [1.29, 1.82) is 0 Å². The van der Waals surface area contributed by atoms with Crippen molar-refractivity contribution in [3.05, 3.63) is 76.1 Å². The molecule has 0 radical (unpaired) electrons. The Labute approximate surface area is 165 Å². The number of methoxy groups -OCH3 is 1. The number of carbonyl (C=O) groups excluding carboxylic acids is 4. The molecule has 1 aliphatic carbocycles. The van der Waals surface area contributed by atoms with E-state index in [-0.39, 0.29) is 44.8 Å². The van der Waals surface area contributed by atoms with Gasteiger partial charge in [-0.15, -0.1) is 0 Å². The van der Waals surface area contributed by atoms with E-state index < -0.39 is 23.8 Å². The van der Waals surface area contributed by atoms with E-state index in [0.717, 1.165) is 0 Å². The van der Waals surface area contributed by atoms with Gasteiger partial charge in [0.2, 0.25) is 5.78 Å². The van der Waals surface area contributed by atoms with Crippen molar-refractivity contribution in [3.8, 4) is 0 Å². The van der Waals surface area contributed by atoms with Crippen LogP contribution in [0.5, 0.6) is 0 Å². The summed E-state index contributed by atoms with van der Waals surface area (Å²) in [6.45, 7) is 3.37. The topological polar surface area (TPSA) is 91.2 Å². The van der Waals surface area contributed by atoms with Gasteiger partial charge in [-0.05, 0) is 26.0 Å². The SMILES string of the molecule is COC(=O)c1ccn2c3c(c(C(=O)OC(C)C)c2c1)C(=O)c1ccccc1C3=O. The molecule has 2 heterocycles. The van der Waals surface area contributed by atoms with Gasteiger partial charge in [-0.1, -0.05) is 24.3 Å². The van der Waals surface area contributed by atoms with Crippen molar-refractivity contribution in [2.75, 3.05) is 7.11 Å². The van der Waals surface area contributed by atoms with E-state index in [0.29, 0.717) is 0 Å². The van der Waals surface area contributed by atoms with Gasteiger partial charge in [0.15, 0.2) is 5.78 Å². The lowest BCUT2D eigenvalue weighted by atomic mass is 9.86. The Morgan fingerprint density at radius 3 is 2.24 bits per heavy atom. The number of nitrogens with zero attached hydrogens (tertiary/aromatic N) is 1. The highest BCUT2D eigenvalue weighted by Gasteiger charge is 2.38. The van der Waals surface area contributed by atoms with Crippen molar-refractivity contribution in [1.82, 2.24) is 4.40 Å². The first-order valence-electron chi connectivity index (χ1n) is 9.01. The molecule has 7 heteroatoms. The van der Waals surface area contributed by atoms with Gasteiger partial charge in [0, 0.05) is 17.3 Å². The van der Waals surface area contributed by atoms with E-state index in [1.165, 1.54) is 29.8 Å². The Bertz CT molecular complexity index is 1220. The lowest BCUT2D eigenvalue weighted by Gasteiger charge is -2.15. The second-order valence-corrected chi connectivity index (χ2v) is 6.92. The summed E-state index contributed by atoms with van der Waals surface area (Å²) in [6.07, 6.45) is 1.05. The van der Waals surface area contributed by atoms with Crippen LogP contribution in [0.3, 0.4) is 0 Å². The van der Waals surface area contributed by atoms with Crippen LogP contribution in [-0.4, -0.2) is 41.1 Å². The van der Waals surface area contributed by atoms with Gasteiger partial charge < -0.3 is 13.9 Å². The first-order chi connectivity index (χ1) is 13.8. The van der Waals surface area contributed by atoms with Crippen molar-refractivity contribution in [2.24, 2.45) is 0 Å². The van der Waals surface area contributed by atoms with E-state index in [2.05, 4.69) is 0 Å². The Hall–Kier alpha value is -3.74. The third kappa shape index (κ3) is 2.74. The molecule has 29 heavy (non-hydrogen) atoms. The van der Waals surface area contributed by atoms with Crippen molar-refractivity contribution >= 4 is 29.0 Å². The Morgan fingerprint density at radius 2 is 1.62 bits per heavy atom. The number of pyridine rings is 1. The number of benzene rings is 1. The highest BCUT2D eigenvalue weighted by molar-refractivity contribution is 6.31. The maximum Gasteiger partial charge on any atom is 0.341 e. The average Bonchev–Trinajstić information content (AvgIpc) is 3.05. The van der Waals surface area contributed by atoms with Crippen LogP contribution in [0.4, 0.5) is 0 Å². The number of ether oxygens (including phenoxy) is 2. The summed E-state index contributed by atoms with van der Waals surface area (Å²) < 4.78 is 11.5. The summed E-state index contributed by atoms with van der Waals surface area (Å²) in [5.41, 5.74) is 0.950. The zero-order valence-corrected chi connectivity index (χ0v) is 16.0. The molecule has 7 nitrogen and oxygen atoms in total. The van der Waals surface area contributed by atoms with Crippen molar-refractivity contribution in [2.45, 2.75) is 20.0 Å². The lowest BCUT2D eigenvalue weighted by Crippen LogP contribution is -2.23. The highest BCUT2D eigenvalue weighted by atomic mass is 16.5. The third-order valence-corrected chi connectivity index (χ3v) is 4.77. The normalized spacial score (nSPS) is 12.7. The van der Waals surface area contributed by atoms with Crippen LogP contribution >= 0.6 is 0 Å². The predicted octanol–water partition coefficient (Wildman–Crippen LogP) is 3.07. The van der Waals surface area contributed by atoms with Crippen molar-refractivity contribution in [3.63, 3.8) is 0 Å². The standard InChI is InChI=1S/C22H17NO6/c1-11(2)29-22(27)16-15-10-12(21(26)28-3)8-9-23(15)18-17(16)19(24)13-6-4-5-7-14(13)20(18)25/h4-11H,1-3H3. The van der Waals surface area contributed by atoms with Gasteiger partial charge in [0.25, 0.3) is 0 Å². The molecule has 4 rings (SSSR count). The second-order valence-electron chi connectivity index (χ2n) is 6.92. The number of ketones is 2. The molecule has 1 aromatic carbocycles. The molecule has 0 bridgehead atoms. The summed E-state index contributed by atoms with van der Waals surface area (Å²) in [5.74, 6) is -2.15. The third-order valence-electron chi connectivity index (χ3n) is 4.77. The zero-order chi connectivity index (χ0) is 20.9. The fraction of sp³-hybridized carbons (Fsp3) is 0.182. The second kappa shape index (κ2) is 6.70. The van der Waals surface area contributed by atoms with Gasteiger partial charge in [-0.3, -0.25) is 9.59 Å². The largest absolute Gasteiger partial charge is 0.465 e. The quantitative estimate of drug-likeness (QED) is 0.499. The molecule has 0 saturated carbocycles. The molecule has 2 aromatic heterocycles. The van der Waals surface area contributed by atoms with Crippen LogP contribution in [0.15, 0.2) is 42.6 Å². The molecule has 146 valence electrons. The fourth-order valence-corrected chi connectivity index (χ4v) is 3.56. The molecular formula is C22H17NO6. The molecule has 0 saturated heterocycles. The summed E-state index contributed by atoms with van der Waals surface area (Å²) in [5, 5.41) is 0. The number of hydrogen-bond donors (Lipinski definition) is 0. The minimum atomic E-state index is -0.735.